The molecule has 0 unspecified atom stereocenters. The maximum Gasteiger partial charge on any atom is 0.416 e. The summed E-state index contributed by atoms with van der Waals surface area (Å²) in [6.07, 6.45) is -4.45. The number of amides is 1. The molecule has 1 heterocycles. The molecule has 22 heavy (non-hydrogen) atoms. The van der Waals surface area contributed by atoms with E-state index in [9.17, 15) is 18.0 Å². The third kappa shape index (κ3) is 2.35. The summed E-state index contributed by atoms with van der Waals surface area (Å²) >= 11 is 0. The van der Waals surface area contributed by atoms with Crippen LogP contribution in [0.25, 0.3) is 0 Å². The number of alkyl halides is 3. The van der Waals surface area contributed by atoms with Gasteiger partial charge in [0.2, 0.25) is 5.91 Å². The van der Waals surface area contributed by atoms with Crippen molar-refractivity contribution in [1.82, 2.24) is 0 Å². The Morgan fingerprint density at radius 3 is 2.32 bits per heavy atom. The molecule has 0 bridgehead atoms. The van der Waals surface area contributed by atoms with Gasteiger partial charge < -0.3 is 10.6 Å². The molecule has 1 saturated heterocycles. The van der Waals surface area contributed by atoms with E-state index in [4.69, 9.17) is 5.73 Å². The summed E-state index contributed by atoms with van der Waals surface area (Å²) in [7, 11) is 0. The van der Waals surface area contributed by atoms with Gasteiger partial charge in [0.25, 0.3) is 0 Å². The molecular weight excluding hydrogens is 293 g/mol. The van der Waals surface area contributed by atoms with E-state index in [1.807, 2.05) is 6.07 Å². The number of hydrogen-bond donors (Lipinski definition) is 1. The highest BCUT2D eigenvalue weighted by atomic mass is 19.4. The lowest BCUT2D eigenvalue weighted by atomic mass is 9.88. The van der Waals surface area contributed by atoms with Crippen LogP contribution in [0.4, 0.5) is 18.9 Å². The Morgan fingerprint density at radius 2 is 1.68 bits per heavy atom. The minimum atomic E-state index is -4.45. The lowest BCUT2D eigenvalue weighted by molar-refractivity contribution is -0.137. The van der Waals surface area contributed by atoms with Crippen molar-refractivity contribution < 1.29 is 18.0 Å². The lowest BCUT2D eigenvalue weighted by Gasteiger charge is -2.45. The number of benzene rings is 2. The van der Waals surface area contributed by atoms with Crippen molar-refractivity contribution in [2.75, 3.05) is 4.90 Å². The van der Waals surface area contributed by atoms with Crippen molar-refractivity contribution in [3.63, 3.8) is 0 Å². The Kier molecular flexibility index (Phi) is 3.41. The SMILES string of the molecule is N[C@@H]1C(=O)N(c2cccc(C(F)(F)F)c2)[C@@H]1c1ccccc1. The highest BCUT2D eigenvalue weighted by molar-refractivity contribution is 6.05. The molecule has 6 heteroatoms. The van der Waals surface area contributed by atoms with E-state index >= 15 is 0 Å². The van der Waals surface area contributed by atoms with Crippen LogP contribution >= 0.6 is 0 Å². The fraction of sp³-hybridized carbons (Fsp3) is 0.188. The van der Waals surface area contributed by atoms with E-state index in [2.05, 4.69) is 0 Å². The van der Waals surface area contributed by atoms with Gasteiger partial charge in [-0.25, -0.2) is 0 Å². The molecule has 114 valence electrons. The van der Waals surface area contributed by atoms with E-state index in [-0.39, 0.29) is 11.6 Å². The van der Waals surface area contributed by atoms with Crippen LogP contribution in [-0.2, 0) is 11.0 Å². The Balaban J connectivity index is 1.98. The van der Waals surface area contributed by atoms with Gasteiger partial charge in [0.05, 0.1) is 11.6 Å². The molecule has 0 radical (unpaired) electrons. The Labute approximate surface area is 125 Å². The summed E-state index contributed by atoms with van der Waals surface area (Å²) in [6, 6.07) is 12.6. The first kappa shape index (κ1) is 14.6. The summed E-state index contributed by atoms with van der Waals surface area (Å²) in [6.45, 7) is 0. The van der Waals surface area contributed by atoms with Gasteiger partial charge in [-0.2, -0.15) is 13.2 Å². The zero-order valence-electron chi connectivity index (χ0n) is 11.4. The predicted octanol–water partition coefficient (Wildman–Crippen LogP) is 3.12. The molecule has 0 aromatic heterocycles. The van der Waals surface area contributed by atoms with E-state index in [1.54, 1.807) is 24.3 Å². The molecule has 1 amide bonds. The summed E-state index contributed by atoms with van der Waals surface area (Å²) in [5, 5.41) is 0. The first-order chi connectivity index (χ1) is 10.4. The first-order valence-electron chi connectivity index (χ1n) is 6.70. The van der Waals surface area contributed by atoms with E-state index in [0.29, 0.717) is 0 Å². The average Bonchev–Trinajstić information content (AvgIpc) is 2.51. The number of anilines is 1. The monoisotopic (exact) mass is 306 g/mol. The molecule has 1 fully saturated rings. The molecule has 2 aromatic carbocycles. The molecule has 3 rings (SSSR count). The molecule has 0 saturated carbocycles. The van der Waals surface area contributed by atoms with Gasteiger partial charge in [0, 0.05) is 5.69 Å². The second kappa shape index (κ2) is 5.14. The van der Waals surface area contributed by atoms with Gasteiger partial charge in [0.15, 0.2) is 0 Å². The highest BCUT2D eigenvalue weighted by Crippen LogP contribution is 2.40. The number of nitrogens with two attached hydrogens (primary N) is 1. The van der Waals surface area contributed by atoms with Crippen LogP contribution < -0.4 is 10.6 Å². The second-order valence-corrected chi connectivity index (χ2v) is 5.14. The summed E-state index contributed by atoms with van der Waals surface area (Å²) < 4.78 is 38.5. The molecule has 0 aliphatic carbocycles. The lowest BCUT2D eigenvalue weighted by Crippen LogP contribution is -2.63. The van der Waals surface area contributed by atoms with Crippen molar-refractivity contribution >= 4 is 11.6 Å². The van der Waals surface area contributed by atoms with Crippen molar-refractivity contribution in [3.05, 3.63) is 65.7 Å². The topological polar surface area (TPSA) is 46.3 Å². The minimum Gasteiger partial charge on any atom is -0.318 e. The normalized spacial score (nSPS) is 21.6. The van der Waals surface area contributed by atoms with E-state index in [0.717, 1.165) is 17.7 Å². The molecule has 2 N–H and O–H groups in total. The van der Waals surface area contributed by atoms with Gasteiger partial charge in [-0.1, -0.05) is 36.4 Å². The van der Waals surface area contributed by atoms with Gasteiger partial charge in [0.1, 0.15) is 6.04 Å². The van der Waals surface area contributed by atoms with Crippen LogP contribution in [-0.4, -0.2) is 11.9 Å². The van der Waals surface area contributed by atoms with E-state index in [1.165, 1.54) is 17.0 Å². The maximum absolute atomic E-state index is 12.8. The number of halogens is 3. The third-order valence-electron chi connectivity index (χ3n) is 3.73. The highest BCUT2D eigenvalue weighted by Gasteiger charge is 2.47. The number of nitrogens with zero attached hydrogens (tertiary/aromatic N) is 1. The van der Waals surface area contributed by atoms with Gasteiger partial charge in [-0.3, -0.25) is 4.79 Å². The minimum absolute atomic E-state index is 0.204. The molecule has 1 aliphatic heterocycles. The zero-order valence-corrected chi connectivity index (χ0v) is 11.4. The summed E-state index contributed by atoms with van der Waals surface area (Å²) in [5.74, 6) is -0.381. The Hall–Kier alpha value is -2.34. The van der Waals surface area contributed by atoms with Crippen LogP contribution in [0.1, 0.15) is 17.2 Å². The number of hydrogen-bond acceptors (Lipinski definition) is 2. The van der Waals surface area contributed by atoms with Gasteiger partial charge >= 0.3 is 6.18 Å². The quantitative estimate of drug-likeness (QED) is 0.867. The summed E-state index contributed by atoms with van der Waals surface area (Å²) in [5.41, 5.74) is 6.05. The first-order valence-corrected chi connectivity index (χ1v) is 6.70. The molecule has 0 spiro atoms. The molecule has 3 nitrogen and oxygen atoms in total. The smallest absolute Gasteiger partial charge is 0.318 e. The number of β-lactam (4-membered cyclic amide) rings is 1. The number of carbonyl (C=O) groups excluding carboxylic acids is 1. The van der Waals surface area contributed by atoms with Crippen LogP contribution in [0.15, 0.2) is 54.6 Å². The van der Waals surface area contributed by atoms with Crippen LogP contribution in [0, 0.1) is 0 Å². The van der Waals surface area contributed by atoms with Crippen molar-refractivity contribution in [3.8, 4) is 0 Å². The Morgan fingerprint density at radius 1 is 1.00 bits per heavy atom. The van der Waals surface area contributed by atoms with Crippen LogP contribution in [0.3, 0.4) is 0 Å². The van der Waals surface area contributed by atoms with Crippen molar-refractivity contribution in [2.24, 2.45) is 5.73 Å². The fourth-order valence-electron chi connectivity index (χ4n) is 2.64. The van der Waals surface area contributed by atoms with Crippen LogP contribution in [0.5, 0.6) is 0 Å². The largest absolute Gasteiger partial charge is 0.416 e. The molecule has 2 aromatic rings. The second-order valence-electron chi connectivity index (χ2n) is 5.14. The molecule has 1 aliphatic rings. The standard InChI is InChI=1S/C16H13F3N2O/c17-16(18,19)11-7-4-8-12(9-11)21-14(13(20)15(21)22)10-5-2-1-3-6-10/h1-9,13-14H,20H2/t13-,14+/m0/s1. The fourth-order valence-corrected chi connectivity index (χ4v) is 2.64. The average molecular weight is 306 g/mol. The van der Waals surface area contributed by atoms with Gasteiger partial charge in [-0.15, -0.1) is 0 Å². The van der Waals surface area contributed by atoms with E-state index < -0.39 is 23.8 Å². The number of carbonyl (C=O) groups is 1. The predicted molar refractivity (Wildman–Crippen MR) is 76.1 cm³/mol. The van der Waals surface area contributed by atoms with Crippen molar-refractivity contribution in [2.45, 2.75) is 18.3 Å². The van der Waals surface area contributed by atoms with Crippen molar-refractivity contribution in [1.29, 1.82) is 0 Å². The van der Waals surface area contributed by atoms with Gasteiger partial charge in [-0.05, 0) is 23.8 Å². The van der Waals surface area contributed by atoms with Crippen LogP contribution in [0.2, 0.25) is 0 Å². The summed E-state index contributed by atoms with van der Waals surface area (Å²) in [4.78, 5) is 13.3. The zero-order chi connectivity index (χ0) is 15.9. The third-order valence-corrected chi connectivity index (χ3v) is 3.73. The maximum atomic E-state index is 12.8. The Bertz CT molecular complexity index is 700. The number of rotatable bonds is 2. The molecule has 2 atom stereocenters. The molecular formula is C16H13F3N2O.